The first-order valence-electron chi connectivity index (χ1n) is 6.80. The molecule has 0 N–H and O–H groups in total. The Morgan fingerprint density at radius 3 is 2.00 bits per heavy atom. The third kappa shape index (κ3) is 1.46. The van der Waals surface area contributed by atoms with E-state index in [9.17, 15) is 0 Å². The summed E-state index contributed by atoms with van der Waals surface area (Å²) in [5, 5.41) is 0. The molecule has 0 aromatic heterocycles. The van der Waals surface area contributed by atoms with E-state index in [4.69, 9.17) is 4.74 Å². The van der Waals surface area contributed by atoms with Crippen LogP contribution in [0.1, 0.15) is 46.0 Å². The zero-order valence-electron chi connectivity index (χ0n) is 10.2. The first-order chi connectivity index (χ1) is 7.22. The van der Waals surface area contributed by atoms with E-state index >= 15 is 0 Å². The summed E-state index contributed by atoms with van der Waals surface area (Å²) in [6.45, 7) is 6.55. The van der Waals surface area contributed by atoms with Crippen LogP contribution in [0, 0.1) is 29.1 Å². The van der Waals surface area contributed by atoms with E-state index in [1.54, 1.807) is 6.42 Å². The molecule has 4 rings (SSSR count). The van der Waals surface area contributed by atoms with Gasteiger partial charge in [-0.2, -0.15) is 0 Å². The largest absolute Gasteiger partial charge is 0.381 e. The van der Waals surface area contributed by atoms with Crippen LogP contribution < -0.4 is 0 Å². The minimum atomic E-state index is 0.531. The third-order valence-electron chi connectivity index (χ3n) is 5.62. The summed E-state index contributed by atoms with van der Waals surface area (Å²) < 4.78 is 5.76. The Hall–Kier alpha value is -0.0400. The van der Waals surface area contributed by atoms with Crippen molar-refractivity contribution in [3.05, 3.63) is 0 Å². The van der Waals surface area contributed by atoms with Gasteiger partial charge in [-0.3, -0.25) is 0 Å². The van der Waals surface area contributed by atoms with Crippen LogP contribution in [0.5, 0.6) is 0 Å². The van der Waals surface area contributed by atoms with Gasteiger partial charge in [0, 0.05) is 6.61 Å². The fraction of sp³-hybridized carbons (Fsp3) is 1.00. The lowest BCUT2D eigenvalue weighted by molar-refractivity contribution is -0.132. The van der Waals surface area contributed by atoms with Crippen molar-refractivity contribution >= 4 is 0 Å². The lowest BCUT2D eigenvalue weighted by Crippen LogP contribution is -2.53. The summed E-state index contributed by atoms with van der Waals surface area (Å²) in [7, 11) is 0. The molecule has 0 spiro atoms. The van der Waals surface area contributed by atoms with Crippen molar-refractivity contribution in [3.63, 3.8) is 0 Å². The molecule has 0 aromatic rings. The Bertz CT molecular complexity index is 218. The van der Waals surface area contributed by atoms with Crippen molar-refractivity contribution in [2.75, 3.05) is 13.2 Å². The van der Waals surface area contributed by atoms with E-state index in [2.05, 4.69) is 13.8 Å². The zero-order valence-corrected chi connectivity index (χ0v) is 10.2. The van der Waals surface area contributed by atoms with Crippen LogP contribution in [-0.4, -0.2) is 13.2 Å². The lowest BCUT2D eigenvalue weighted by atomic mass is 9.46. The maximum absolute atomic E-state index is 5.76. The van der Waals surface area contributed by atoms with Crippen molar-refractivity contribution in [1.82, 2.24) is 0 Å². The minimum Gasteiger partial charge on any atom is -0.381 e. The third-order valence-corrected chi connectivity index (χ3v) is 5.62. The van der Waals surface area contributed by atoms with Gasteiger partial charge in [0.15, 0.2) is 0 Å². The van der Waals surface area contributed by atoms with Gasteiger partial charge in [-0.1, -0.05) is 6.92 Å². The average molecular weight is 208 g/mol. The van der Waals surface area contributed by atoms with Gasteiger partial charge >= 0.3 is 0 Å². The summed E-state index contributed by atoms with van der Waals surface area (Å²) in [4.78, 5) is 0. The summed E-state index contributed by atoms with van der Waals surface area (Å²) in [5.41, 5.74) is 0.531. The molecule has 4 saturated carbocycles. The van der Waals surface area contributed by atoms with Gasteiger partial charge in [0.2, 0.25) is 0 Å². The highest BCUT2D eigenvalue weighted by atomic mass is 16.5. The summed E-state index contributed by atoms with van der Waals surface area (Å²) in [6, 6.07) is 0. The van der Waals surface area contributed by atoms with Gasteiger partial charge in [0.1, 0.15) is 0 Å². The number of rotatable bonds is 3. The summed E-state index contributed by atoms with van der Waals surface area (Å²) in [6.07, 6.45) is 7.60. The monoisotopic (exact) mass is 208 g/mol. The molecule has 4 aliphatic rings. The lowest BCUT2D eigenvalue weighted by Gasteiger charge is -2.60. The topological polar surface area (TPSA) is 9.23 Å². The smallest absolute Gasteiger partial charge is 0.0524 e. The number of hydrogen-bond acceptors (Lipinski definition) is 1. The first-order valence-corrected chi connectivity index (χ1v) is 6.80. The normalized spacial score (nSPS) is 52.4. The van der Waals surface area contributed by atoms with Crippen molar-refractivity contribution in [2.24, 2.45) is 29.1 Å². The first kappa shape index (κ1) is 10.1. The molecule has 0 atom stereocenters. The molecule has 1 heteroatoms. The maximum atomic E-state index is 5.76. The highest BCUT2D eigenvalue weighted by Crippen LogP contribution is 2.62. The molecule has 0 amide bonds. The Kier molecular flexibility index (Phi) is 2.35. The molecule has 86 valence electrons. The quantitative estimate of drug-likeness (QED) is 0.690. The molecule has 0 saturated heterocycles. The van der Waals surface area contributed by atoms with E-state index in [-0.39, 0.29) is 0 Å². The molecule has 0 radical (unpaired) electrons. The van der Waals surface area contributed by atoms with Gasteiger partial charge in [-0.25, -0.2) is 0 Å². The van der Waals surface area contributed by atoms with Crippen LogP contribution in [0.4, 0.5) is 0 Å². The molecule has 0 aromatic carbocycles. The Morgan fingerprint density at radius 2 is 1.53 bits per heavy atom. The Balaban J connectivity index is 1.78. The highest BCUT2D eigenvalue weighted by molar-refractivity contribution is 5.04. The van der Waals surface area contributed by atoms with E-state index in [0.29, 0.717) is 5.41 Å². The van der Waals surface area contributed by atoms with Gasteiger partial charge in [0.05, 0.1) is 6.61 Å². The van der Waals surface area contributed by atoms with E-state index in [1.165, 1.54) is 25.7 Å². The van der Waals surface area contributed by atoms with Crippen molar-refractivity contribution in [2.45, 2.75) is 46.0 Å². The van der Waals surface area contributed by atoms with Crippen molar-refractivity contribution in [3.8, 4) is 0 Å². The van der Waals surface area contributed by atoms with Crippen LogP contribution in [0.15, 0.2) is 0 Å². The molecule has 4 fully saturated rings. The fourth-order valence-electron chi connectivity index (χ4n) is 4.82. The second-order valence-electron chi connectivity index (χ2n) is 6.45. The van der Waals surface area contributed by atoms with Gasteiger partial charge in [-0.15, -0.1) is 0 Å². The predicted molar refractivity (Wildman–Crippen MR) is 61.6 cm³/mol. The number of hydrogen-bond donors (Lipinski definition) is 0. The summed E-state index contributed by atoms with van der Waals surface area (Å²) >= 11 is 0. The fourth-order valence-corrected chi connectivity index (χ4v) is 4.82. The van der Waals surface area contributed by atoms with Gasteiger partial charge < -0.3 is 4.74 Å². The molecule has 1 nitrogen and oxygen atoms in total. The zero-order chi connectivity index (χ0) is 10.5. The SMILES string of the molecule is CCOCC1(C)C2CC3CC(C2)CC1C3. The second-order valence-corrected chi connectivity index (χ2v) is 6.45. The Morgan fingerprint density at radius 1 is 1.00 bits per heavy atom. The van der Waals surface area contributed by atoms with Gasteiger partial charge in [-0.05, 0) is 68.1 Å². The van der Waals surface area contributed by atoms with Crippen LogP contribution in [0.3, 0.4) is 0 Å². The Labute approximate surface area is 93.6 Å². The maximum Gasteiger partial charge on any atom is 0.0524 e. The number of ether oxygens (including phenoxy) is 1. The molecule has 0 heterocycles. The summed E-state index contributed by atoms with van der Waals surface area (Å²) in [5.74, 6) is 4.14. The molecule has 4 aliphatic carbocycles. The van der Waals surface area contributed by atoms with E-state index < -0.39 is 0 Å². The predicted octanol–water partition coefficient (Wildman–Crippen LogP) is 3.49. The highest BCUT2D eigenvalue weighted by Gasteiger charge is 2.54. The van der Waals surface area contributed by atoms with Crippen LogP contribution >= 0.6 is 0 Å². The molecule has 0 unspecified atom stereocenters. The molecule has 4 bridgehead atoms. The molecule has 0 aliphatic heterocycles. The molecular weight excluding hydrogens is 184 g/mol. The van der Waals surface area contributed by atoms with Crippen LogP contribution in [-0.2, 0) is 4.74 Å². The second kappa shape index (κ2) is 3.48. The standard InChI is InChI=1S/C14H24O/c1-3-15-9-14(2)12-5-10-4-11(7-12)8-13(14)6-10/h10-13H,3-9H2,1-2H3. The van der Waals surface area contributed by atoms with Crippen molar-refractivity contribution < 1.29 is 4.74 Å². The van der Waals surface area contributed by atoms with Crippen molar-refractivity contribution in [1.29, 1.82) is 0 Å². The molecule has 15 heavy (non-hydrogen) atoms. The van der Waals surface area contributed by atoms with Crippen LogP contribution in [0.2, 0.25) is 0 Å². The van der Waals surface area contributed by atoms with Crippen LogP contribution in [0.25, 0.3) is 0 Å². The van der Waals surface area contributed by atoms with Gasteiger partial charge in [0.25, 0.3) is 0 Å². The minimum absolute atomic E-state index is 0.531. The average Bonchev–Trinajstić information content (AvgIpc) is 2.22. The van der Waals surface area contributed by atoms with E-state index in [1.807, 2.05) is 0 Å². The molecular formula is C14H24O. The van der Waals surface area contributed by atoms with E-state index in [0.717, 1.165) is 36.9 Å².